The molecule has 1 saturated heterocycles. The molecule has 1 aromatic heterocycles. The molecule has 6 heteroatoms. The van der Waals surface area contributed by atoms with Crippen LogP contribution in [0, 0.1) is 0 Å². The van der Waals surface area contributed by atoms with Gasteiger partial charge in [0.05, 0.1) is 6.20 Å². The highest BCUT2D eigenvalue weighted by molar-refractivity contribution is 5.54. The Balaban J connectivity index is 1.73. The highest BCUT2D eigenvalue weighted by Gasteiger charge is 2.16. The lowest BCUT2D eigenvalue weighted by atomic mass is 10.3. The quantitative estimate of drug-likeness (QED) is 0.909. The van der Waals surface area contributed by atoms with Crippen molar-refractivity contribution < 1.29 is 0 Å². The van der Waals surface area contributed by atoms with Crippen LogP contribution in [0.2, 0.25) is 0 Å². The van der Waals surface area contributed by atoms with Gasteiger partial charge in [-0.25, -0.2) is 0 Å². The summed E-state index contributed by atoms with van der Waals surface area (Å²) in [6.45, 7) is 4.04. The fourth-order valence-electron chi connectivity index (χ4n) is 2.19. The number of likely N-dealkylation sites (N-methyl/N-ethyl adjacent to an activating group) is 1. The minimum Gasteiger partial charge on any atom is -0.353 e. The van der Waals surface area contributed by atoms with Gasteiger partial charge in [-0.1, -0.05) is 18.2 Å². The van der Waals surface area contributed by atoms with Gasteiger partial charge in [-0.15, -0.1) is 5.10 Å². The van der Waals surface area contributed by atoms with Crippen molar-refractivity contribution in [1.29, 1.82) is 0 Å². The second-order valence-electron chi connectivity index (χ2n) is 4.92. The van der Waals surface area contributed by atoms with Gasteiger partial charge in [0.25, 0.3) is 0 Å². The smallest absolute Gasteiger partial charge is 0.249 e. The Labute approximate surface area is 118 Å². The van der Waals surface area contributed by atoms with Gasteiger partial charge in [0.15, 0.2) is 5.82 Å². The Morgan fingerprint density at radius 1 is 1.05 bits per heavy atom. The SMILES string of the molecule is CN1CCN(c2cnnc(Nc3ccccc3)n2)CC1. The summed E-state index contributed by atoms with van der Waals surface area (Å²) >= 11 is 0. The fourth-order valence-corrected chi connectivity index (χ4v) is 2.19. The Morgan fingerprint density at radius 3 is 2.55 bits per heavy atom. The molecule has 0 atom stereocenters. The first kappa shape index (κ1) is 12.8. The van der Waals surface area contributed by atoms with Gasteiger partial charge in [0.1, 0.15) is 0 Å². The number of hydrogen-bond acceptors (Lipinski definition) is 6. The number of nitrogens with one attached hydrogen (secondary N) is 1. The highest BCUT2D eigenvalue weighted by atomic mass is 15.3. The third-order valence-corrected chi connectivity index (χ3v) is 3.40. The monoisotopic (exact) mass is 270 g/mol. The number of rotatable bonds is 3. The lowest BCUT2D eigenvalue weighted by molar-refractivity contribution is 0.312. The van der Waals surface area contributed by atoms with Crippen LogP contribution in [0.25, 0.3) is 0 Å². The molecule has 1 fully saturated rings. The van der Waals surface area contributed by atoms with Crippen molar-refractivity contribution in [3.05, 3.63) is 36.5 Å². The molecule has 3 rings (SSSR count). The van der Waals surface area contributed by atoms with Crippen LogP contribution in [0.5, 0.6) is 0 Å². The maximum atomic E-state index is 4.54. The molecule has 0 saturated carbocycles. The van der Waals surface area contributed by atoms with E-state index in [1.807, 2.05) is 30.3 Å². The second-order valence-corrected chi connectivity index (χ2v) is 4.92. The Hall–Kier alpha value is -2.21. The molecule has 6 nitrogen and oxygen atoms in total. The van der Waals surface area contributed by atoms with Crippen LogP contribution in [0.4, 0.5) is 17.5 Å². The molecule has 20 heavy (non-hydrogen) atoms. The Morgan fingerprint density at radius 2 is 1.80 bits per heavy atom. The predicted molar refractivity (Wildman–Crippen MR) is 79.3 cm³/mol. The van der Waals surface area contributed by atoms with Gasteiger partial charge in [0, 0.05) is 31.9 Å². The molecular weight excluding hydrogens is 252 g/mol. The van der Waals surface area contributed by atoms with E-state index >= 15 is 0 Å². The van der Waals surface area contributed by atoms with Crippen LogP contribution >= 0.6 is 0 Å². The Bertz CT molecular complexity index is 551. The number of aromatic nitrogens is 3. The zero-order valence-corrected chi connectivity index (χ0v) is 11.5. The average Bonchev–Trinajstić information content (AvgIpc) is 2.49. The molecule has 0 unspecified atom stereocenters. The first-order chi connectivity index (χ1) is 9.81. The normalized spacial score (nSPS) is 16.1. The van der Waals surface area contributed by atoms with Gasteiger partial charge in [-0.2, -0.15) is 10.1 Å². The summed E-state index contributed by atoms with van der Waals surface area (Å²) in [6.07, 6.45) is 1.72. The largest absolute Gasteiger partial charge is 0.353 e. The van der Waals surface area contributed by atoms with E-state index in [0.717, 1.165) is 37.7 Å². The van der Waals surface area contributed by atoms with Crippen molar-refractivity contribution in [3.8, 4) is 0 Å². The van der Waals surface area contributed by atoms with Crippen molar-refractivity contribution in [2.75, 3.05) is 43.4 Å². The summed E-state index contributed by atoms with van der Waals surface area (Å²) in [7, 11) is 2.14. The van der Waals surface area contributed by atoms with Crippen molar-refractivity contribution in [2.45, 2.75) is 0 Å². The van der Waals surface area contributed by atoms with E-state index in [4.69, 9.17) is 0 Å². The van der Waals surface area contributed by atoms with E-state index in [1.54, 1.807) is 6.20 Å². The first-order valence-electron chi connectivity index (χ1n) is 6.76. The van der Waals surface area contributed by atoms with Crippen molar-refractivity contribution in [1.82, 2.24) is 20.1 Å². The minimum atomic E-state index is 0.535. The number of piperazine rings is 1. The summed E-state index contributed by atoms with van der Waals surface area (Å²) < 4.78 is 0. The topological polar surface area (TPSA) is 57.2 Å². The summed E-state index contributed by atoms with van der Waals surface area (Å²) in [5.74, 6) is 1.42. The molecule has 0 radical (unpaired) electrons. The third kappa shape index (κ3) is 3.03. The summed E-state index contributed by atoms with van der Waals surface area (Å²) in [5.41, 5.74) is 0.963. The molecule has 0 bridgehead atoms. The van der Waals surface area contributed by atoms with Gasteiger partial charge in [-0.3, -0.25) is 0 Å². The van der Waals surface area contributed by atoms with Crippen molar-refractivity contribution >= 4 is 17.5 Å². The number of anilines is 3. The molecular formula is C14H18N6. The number of benzene rings is 1. The van der Waals surface area contributed by atoms with Crippen LogP contribution in [-0.4, -0.2) is 53.3 Å². The molecule has 1 N–H and O–H groups in total. The molecule has 1 aliphatic rings. The molecule has 1 aromatic carbocycles. The van der Waals surface area contributed by atoms with E-state index in [1.165, 1.54) is 0 Å². The summed E-state index contributed by atoms with van der Waals surface area (Å²) in [5, 5.41) is 11.3. The zero-order chi connectivity index (χ0) is 13.8. The predicted octanol–water partition coefficient (Wildman–Crippen LogP) is 1.37. The minimum absolute atomic E-state index is 0.535. The first-order valence-corrected chi connectivity index (χ1v) is 6.76. The van der Waals surface area contributed by atoms with Crippen molar-refractivity contribution in [3.63, 3.8) is 0 Å². The summed E-state index contributed by atoms with van der Waals surface area (Å²) in [4.78, 5) is 9.09. The lowest BCUT2D eigenvalue weighted by Gasteiger charge is -2.32. The van der Waals surface area contributed by atoms with E-state index in [2.05, 4.69) is 37.3 Å². The van der Waals surface area contributed by atoms with E-state index < -0.39 is 0 Å². The van der Waals surface area contributed by atoms with Crippen LogP contribution in [-0.2, 0) is 0 Å². The van der Waals surface area contributed by atoms with Gasteiger partial charge >= 0.3 is 0 Å². The Kier molecular flexibility index (Phi) is 3.73. The lowest BCUT2D eigenvalue weighted by Crippen LogP contribution is -2.44. The molecule has 2 heterocycles. The molecule has 2 aromatic rings. The van der Waals surface area contributed by atoms with Crippen molar-refractivity contribution in [2.24, 2.45) is 0 Å². The van der Waals surface area contributed by atoms with Crippen LogP contribution in [0.15, 0.2) is 36.5 Å². The molecule has 0 aliphatic carbocycles. The molecule has 0 amide bonds. The van der Waals surface area contributed by atoms with Gasteiger partial charge in [0.2, 0.25) is 5.95 Å². The molecule has 1 aliphatic heterocycles. The highest BCUT2D eigenvalue weighted by Crippen LogP contribution is 2.16. The number of nitrogens with zero attached hydrogens (tertiary/aromatic N) is 5. The van der Waals surface area contributed by atoms with Gasteiger partial charge in [-0.05, 0) is 19.2 Å². The summed E-state index contributed by atoms with van der Waals surface area (Å²) in [6, 6.07) is 9.88. The standard InChI is InChI=1S/C14H18N6/c1-19-7-9-20(10-8-19)13-11-15-18-14(17-13)16-12-5-3-2-4-6-12/h2-6,11H,7-10H2,1H3,(H,16,17,18). The second kappa shape index (κ2) is 5.83. The third-order valence-electron chi connectivity index (χ3n) is 3.40. The molecule has 0 spiro atoms. The maximum absolute atomic E-state index is 4.54. The van der Waals surface area contributed by atoms with Gasteiger partial charge < -0.3 is 15.1 Å². The number of hydrogen-bond donors (Lipinski definition) is 1. The van der Waals surface area contributed by atoms with Crippen LogP contribution in [0.1, 0.15) is 0 Å². The fraction of sp³-hybridized carbons (Fsp3) is 0.357. The maximum Gasteiger partial charge on any atom is 0.249 e. The zero-order valence-electron chi connectivity index (χ0n) is 11.5. The van der Waals surface area contributed by atoms with E-state index in [-0.39, 0.29) is 0 Å². The van der Waals surface area contributed by atoms with Crippen LogP contribution < -0.4 is 10.2 Å². The van der Waals surface area contributed by atoms with Crippen LogP contribution in [0.3, 0.4) is 0 Å². The number of para-hydroxylation sites is 1. The van der Waals surface area contributed by atoms with E-state index in [0.29, 0.717) is 5.95 Å². The average molecular weight is 270 g/mol. The van der Waals surface area contributed by atoms with E-state index in [9.17, 15) is 0 Å². The molecule has 104 valence electrons.